The lowest BCUT2D eigenvalue weighted by Crippen LogP contribution is -2.25. The summed E-state index contributed by atoms with van der Waals surface area (Å²) in [5.41, 5.74) is 1.27. The molecule has 0 saturated heterocycles. The van der Waals surface area contributed by atoms with Gasteiger partial charge in [0.25, 0.3) is 0 Å². The van der Waals surface area contributed by atoms with Crippen LogP contribution in [0.5, 0.6) is 0 Å². The Morgan fingerprint density at radius 2 is 1.83 bits per heavy atom. The molecule has 1 rings (SSSR count). The number of thiol groups is 1. The molecule has 0 unspecified atom stereocenters. The topological polar surface area (TPSA) is 12.0 Å². The Morgan fingerprint density at radius 3 is 2.33 bits per heavy atom. The fraction of sp³-hybridized carbons (Fsp3) is 0.400. The largest absolute Gasteiger partial charge is 0.316 e. The van der Waals surface area contributed by atoms with Gasteiger partial charge in [-0.15, -0.1) is 0 Å². The lowest BCUT2D eigenvalue weighted by Gasteiger charge is -2.18. The zero-order chi connectivity index (χ0) is 8.97. The summed E-state index contributed by atoms with van der Waals surface area (Å²) < 4.78 is 0. The van der Waals surface area contributed by atoms with Crippen molar-refractivity contribution in [3.63, 3.8) is 0 Å². The van der Waals surface area contributed by atoms with Gasteiger partial charge < -0.3 is 5.32 Å². The predicted octanol–water partition coefficient (Wildman–Crippen LogP) is 2.27. The second kappa shape index (κ2) is 4.53. The molecular weight excluding hydrogens is 166 g/mol. The quantitative estimate of drug-likeness (QED) is 0.682. The van der Waals surface area contributed by atoms with Crippen LogP contribution in [0.15, 0.2) is 30.3 Å². The highest BCUT2D eigenvalue weighted by molar-refractivity contribution is 7.80. The lowest BCUT2D eigenvalue weighted by atomic mass is 10.1. The van der Waals surface area contributed by atoms with E-state index in [4.69, 9.17) is 0 Å². The molecule has 66 valence electrons. The highest BCUT2D eigenvalue weighted by atomic mass is 32.1. The van der Waals surface area contributed by atoms with Crippen LogP contribution in [0.3, 0.4) is 0 Å². The summed E-state index contributed by atoms with van der Waals surface area (Å²) in [4.78, 5) is 0. The molecule has 2 atom stereocenters. The van der Waals surface area contributed by atoms with Crippen molar-refractivity contribution in [2.45, 2.75) is 18.2 Å². The molecule has 0 saturated carbocycles. The molecule has 12 heavy (non-hydrogen) atoms. The second-order valence-corrected chi connectivity index (χ2v) is 3.49. The molecule has 1 N–H and O–H groups in total. The summed E-state index contributed by atoms with van der Waals surface area (Å²) in [6.07, 6.45) is 0. The van der Waals surface area contributed by atoms with E-state index in [-0.39, 0.29) is 5.25 Å². The van der Waals surface area contributed by atoms with Gasteiger partial charge in [0.2, 0.25) is 0 Å². The van der Waals surface area contributed by atoms with Crippen LogP contribution in [0.2, 0.25) is 0 Å². The first kappa shape index (κ1) is 9.62. The number of nitrogens with one attached hydrogen (secondary N) is 1. The maximum absolute atomic E-state index is 4.53. The number of likely N-dealkylation sites (N-methyl/N-ethyl adjacent to an activating group) is 1. The van der Waals surface area contributed by atoms with Crippen molar-refractivity contribution in [1.82, 2.24) is 5.32 Å². The first-order valence-corrected chi connectivity index (χ1v) is 4.67. The minimum absolute atomic E-state index is 0.274. The van der Waals surface area contributed by atoms with E-state index in [1.807, 2.05) is 25.2 Å². The molecule has 2 heteroatoms. The van der Waals surface area contributed by atoms with Crippen LogP contribution in [0, 0.1) is 0 Å². The summed E-state index contributed by atoms with van der Waals surface area (Å²) >= 11 is 4.53. The molecule has 0 bridgehead atoms. The van der Waals surface area contributed by atoms with Gasteiger partial charge in [0.05, 0.1) is 0 Å². The monoisotopic (exact) mass is 181 g/mol. The highest BCUT2D eigenvalue weighted by Crippen LogP contribution is 2.22. The van der Waals surface area contributed by atoms with Crippen LogP contribution < -0.4 is 5.32 Å². The van der Waals surface area contributed by atoms with E-state index in [1.54, 1.807) is 0 Å². The lowest BCUT2D eigenvalue weighted by molar-refractivity contribution is 0.600. The van der Waals surface area contributed by atoms with E-state index >= 15 is 0 Å². The molecule has 1 nitrogen and oxygen atoms in total. The van der Waals surface area contributed by atoms with E-state index < -0.39 is 0 Å². The predicted molar refractivity (Wildman–Crippen MR) is 56.7 cm³/mol. The van der Waals surface area contributed by atoms with Gasteiger partial charge >= 0.3 is 0 Å². The van der Waals surface area contributed by atoms with Crippen molar-refractivity contribution in [3.8, 4) is 0 Å². The Balaban J connectivity index is 2.71. The molecule has 1 aromatic carbocycles. The maximum atomic E-state index is 4.53. The minimum Gasteiger partial charge on any atom is -0.316 e. The molecule has 0 spiro atoms. The zero-order valence-corrected chi connectivity index (χ0v) is 8.38. The number of rotatable bonds is 3. The normalized spacial score (nSPS) is 15.6. The number of hydrogen-bond donors (Lipinski definition) is 2. The molecule has 0 aliphatic rings. The summed E-state index contributed by atoms with van der Waals surface area (Å²) in [5, 5.41) is 3.46. The fourth-order valence-corrected chi connectivity index (χ4v) is 1.42. The smallest absolute Gasteiger partial charge is 0.0417 e. The summed E-state index contributed by atoms with van der Waals surface area (Å²) in [6, 6.07) is 10.7. The van der Waals surface area contributed by atoms with Gasteiger partial charge in [-0.3, -0.25) is 0 Å². The first-order chi connectivity index (χ1) is 5.75. The third-order valence-electron chi connectivity index (χ3n) is 2.07. The van der Waals surface area contributed by atoms with Crippen molar-refractivity contribution in [1.29, 1.82) is 0 Å². The van der Waals surface area contributed by atoms with Gasteiger partial charge in [-0.05, 0) is 19.5 Å². The Bertz CT molecular complexity index is 223. The number of hydrogen-bond acceptors (Lipinski definition) is 2. The van der Waals surface area contributed by atoms with Gasteiger partial charge in [0, 0.05) is 11.3 Å². The van der Waals surface area contributed by atoms with Crippen molar-refractivity contribution in [3.05, 3.63) is 35.9 Å². The summed E-state index contributed by atoms with van der Waals surface area (Å²) in [6.45, 7) is 2.13. The third-order valence-corrected chi connectivity index (χ3v) is 2.82. The van der Waals surface area contributed by atoms with Crippen LogP contribution >= 0.6 is 12.6 Å². The second-order valence-electron chi connectivity index (χ2n) is 2.93. The molecular formula is C10H15NS. The van der Waals surface area contributed by atoms with E-state index in [0.717, 1.165) is 0 Å². The molecule has 0 aliphatic carbocycles. The first-order valence-electron chi connectivity index (χ1n) is 4.16. The Hall–Kier alpha value is -0.470. The maximum Gasteiger partial charge on any atom is 0.0417 e. The van der Waals surface area contributed by atoms with E-state index in [0.29, 0.717) is 6.04 Å². The van der Waals surface area contributed by atoms with Crippen molar-refractivity contribution in [2.24, 2.45) is 0 Å². The SMILES string of the molecule is CN[C@H](C)[C@H](S)c1ccccc1. The standard InChI is InChI=1S/C10H15NS/c1-8(11-2)10(12)9-6-4-3-5-7-9/h3-8,10-12H,1-2H3/t8-,10+/m1/s1. The average molecular weight is 181 g/mol. The molecule has 0 aliphatic heterocycles. The molecule has 0 fully saturated rings. The van der Waals surface area contributed by atoms with Crippen LogP contribution in [-0.4, -0.2) is 13.1 Å². The highest BCUT2D eigenvalue weighted by Gasteiger charge is 2.11. The van der Waals surface area contributed by atoms with E-state index in [2.05, 4.69) is 37.0 Å². The molecule has 0 radical (unpaired) electrons. The van der Waals surface area contributed by atoms with Gasteiger partial charge in [-0.2, -0.15) is 12.6 Å². The molecule has 0 amide bonds. The van der Waals surface area contributed by atoms with E-state index in [1.165, 1.54) is 5.56 Å². The molecule has 1 aromatic rings. The Labute approximate surface area is 79.6 Å². The Kier molecular flexibility index (Phi) is 3.63. The molecule has 0 heterocycles. The fourth-order valence-electron chi connectivity index (χ4n) is 1.10. The summed E-state index contributed by atoms with van der Waals surface area (Å²) in [5.74, 6) is 0. The van der Waals surface area contributed by atoms with Crippen molar-refractivity contribution >= 4 is 12.6 Å². The minimum atomic E-state index is 0.274. The number of benzene rings is 1. The van der Waals surface area contributed by atoms with E-state index in [9.17, 15) is 0 Å². The summed E-state index contributed by atoms with van der Waals surface area (Å²) in [7, 11) is 1.96. The molecule has 0 aromatic heterocycles. The van der Waals surface area contributed by atoms with Crippen LogP contribution in [0.1, 0.15) is 17.7 Å². The van der Waals surface area contributed by atoms with Gasteiger partial charge in [-0.25, -0.2) is 0 Å². The average Bonchev–Trinajstić information content (AvgIpc) is 2.17. The van der Waals surface area contributed by atoms with Crippen molar-refractivity contribution in [2.75, 3.05) is 7.05 Å². The van der Waals surface area contributed by atoms with Crippen molar-refractivity contribution < 1.29 is 0 Å². The van der Waals surface area contributed by atoms with Gasteiger partial charge in [0.1, 0.15) is 0 Å². The van der Waals surface area contributed by atoms with Crippen LogP contribution in [-0.2, 0) is 0 Å². The zero-order valence-electron chi connectivity index (χ0n) is 7.49. The van der Waals surface area contributed by atoms with Crippen LogP contribution in [0.4, 0.5) is 0 Å². The van der Waals surface area contributed by atoms with Gasteiger partial charge in [0.15, 0.2) is 0 Å². The third kappa shape index (κ3) is 2.26. The van der Waals surface area contributed by atoms with Crippen LogP contribution in [0.25, 0.3) is 0 Å². The Morgan fingerprint density at radius 1 is 1.25 bits per heavy atom. The van der Waals surface area contributed by atoms with Gasteiger partial charge in [-0.1, -0.05) is 30.3 Å².